The van der Waals surface area contributed by atoms with Crippen molar-refractivity contribution in [3.63, 3.8) is 0 Å². The smallest absolute Gasteiger partial charge is 0.332 e. The first-order valence-electron chi connectivity index (χ1n) is 9.00. The predicted molar refractivity (Wildman–Crippen MR) is 93.9 cm³/mol. The van der Waals surface area contributed by atoms with E-state index in [2.05, 4.69) is 25.8 Å². The van der Waals surface area contributed by atoms with Crippen LogP contribution >= 0.6 is 0 Å². The van der Waals surface area contributed by atoms with E-state index in [9.17, 15) is 13.2 Å². The van der Waals surface area contributed by atoms with Gasteiger partial charge in [0.15, 0.2) is 11.5 Å². The Morgan fingerprint density at radius 2 is 2.11 bits per heavy atom. The van der Waals surface area contributed by atoms with Gasteiger partial charge in [0.05, 0.1) is 16.9 Å². The van der Waals surface area contributed by atoms with Crippen molar-refractivity contribution in [2.45, 2.75) is 44.3 Å². The van der Waals surface area contributed by atoms with E-state index in [1.165, 1.54) is 10.7 Å². The SMILES string of the molecule is CNC(C)Cc1noc(-c2nnn(-c3cccc(C(F)(F)F)c3)c2C2CC2)n1. The van der Waals surface area contributed by atoms with Crippen LogP contribution in [0, 0.1) is 0 Å². The first-order chi connectivity index (χ1) is 13.4. The van der Waals surface area contributed by atoms with E-state index < -0.39 is 11.7 Å². The van der Waals surface area contributed by atoms with Gasteiger partial charge in [-0.1, -0.05) is 16.4 Å². The van der Waals surface area contributed by atoms with Crippen LogP contribution in [0.3, 0.4) is 0 Å². The molecule has 0 saturated heterocycles. The fourth-order valence-corrected chi connectivity index (χ4v) is 2.98. The second-order valence-electron chi connectivity index (χ2n) is 6.97. The van der Waals surface area contributed by atoms with Crippen molar-refractivity contribution in [2.75, 3.05) is 7.05 Å². The van der Waals surface area contributed by atoms with Crippen LogP contribution in [0.4, 0.5) is 13.2 Å². The van der Waals surface area contributed by atoms with Gasteiger partial charge in [0, 0.05) is 18.4 Å². The lowest BCUT2D eigenvalue weighted by Crippen LogP contribution is -2.24. The van der Waals surface area contributed by atoms with Gasteiger partial charge in [-0.05, 0) is 45.0 Å². The van der Waals surface area contributed by atoms with Crippen molar-refractivity contribution in [3.05, 3.63) is 41.3 Å². The van der Waals surface area contributed by atoms with E-state index in [0.29, 0.717) is 29.3 Å². The molecule has 1 N–H and O–H groups in total. The summed E-state index contributed by atoms with van der Waals surface area (Å²) in [5, 5.41) is 15.3. The van der Waals surface area contributed by atoms with Crippen molar-refractivity contribution >= 4 is 0 Å². The number of hydrogen-bond acceptors (Lipinski definition) is 6. The number of benzene rings is 1. The Balaban J connectivity index is 1.72. The summed E-state index contributed by atoms with van der Waals surface area (Å²) in [6.45, 7) is 2.00. The zero-order valence-electron chi connectivity index (χ0n) is 15.4. The highest BCUT2D eigenvalue weighted by Crippen LogP contribution is 2.44. The van der Waals surface area contributed by atoms with Gasteiger partial charge in [0.1, 0.15) is 0 Å². The molecule has 1 aromatic carbocycles. The number of aromatic nitrogens is 5. The molecule has 1 saturated carbocycles. The summed E-state index contributed by atoms with van der Waals surface area (Å²) in [5.41, 5.74) is 0.705. The zero-order chi connectivity index (χ0) is 19.9. The van der Waals surface area contributed by atoms with Gasteiger partial charge >= 0.3 is 6.18 Å². The fraction of sp³-hybridized carbons (Fsp3) is 0.444. The van der Waals surface area contributed by atoms with E-state index in [4.69, 9.17) is 4.52 Å². The summed E-state index contributed by atoms with van der Waals surface area (Å²) < 4.78 is 46.0. The van der Waals surface area contributed by atoms with Crippen molar-refractivity contribution in [3.8, 4) is 17.3 Å². The molecule has 0 spiro atoms. The summed E-state index contributed by atoms with van der Waals surface area (Å²) >= 11 is 0. The Morgan fingerprint density at radius 3 is 2.79 bits per heavy atom. The van der Waals surface area contributed by atoms with Crippen LogP contribution < -0.4 is 5.32 Å². The van der Waals surface area contributed by atoms with E-state index in [1.54, 1.807) is 6.07 Å². The minimum atomic E-state index is -4.43. The maximum Gasteiger partial charge on any atom is 0.416 e. The van der Waals surface area contributed by atoms with E-state index >= 15 is 0 Å². The van der Waals surface area contributed by atoms with Crippen LogP contribution in [0.2, 0.25) is 0 Å². The second-order valence-corrected chi connectivity index (χ2v) is 6.97. The van der Waals surface area contributed by atoms with E-state index in [-0.39, 0.29) is 17.9 Å². The molecule has 2 heterocycles. The van der Waals surface area contributed by atoms with Gasteiger partial charge in [-0.3, -0.25) is 0 Å². The molecule has 148 valence electrons. The number of likely N-dealkylation sites (N-methyl/N-ethyl adjacent to an activating group) is 1. The molecule has 0 aliphatic heterocycles. The highest BCUT2D eigenvalue weighted by Gasteiger charge is 2.35. The van der Waals surface area contributed by atoms with Crippen LogP contribution in [0.5, 0.6) is 0 Å². The minimum Gasteiger partial charge on any atom is -0.332 e. The highest BCUT2D eigenvalue weighted by molar-refractivity contribution is 5.54. The molecule has 7 nitrogen and oxygen atoms in total. The van der Waals surface area contributed by atoms with Crippen molar-refractivity contribution in [1.82, 2.24) is 30.5 Å². The van der Waals surface area contributed by atoms with Crippen molar-refractivity contribution in [1.29, 1.82) is 0 Å². The van der Waals surface area contributed by atoms with Gasteiger partial charge in [0.25, 0.3) is 5.89 Å². The van der Waals surface area contributed by atoms with Crippen LogP contribution in [-0.4, -0.2) is 38.2 Å². The lowest BCUT2D eigenvalue weighted by molar-refractivity contribution is -0.137. The average Bonchev–Trinajstić information content (AvgIpc) is 3.24. The molecule has 1 aliphatic rings. The molecule has 1 unspecified atom stereocenters. The van der Waals surface area contributed by atoms with Gasteiger partial charge in [-0.25, -0.2) is 4.68 Å². The lowest BCUT2D eigenvalue weighted by atomic mass is 10.1. The Morgan fingerprint density at radius 1 is 1.32 bits per heavy atom. The van der Waals surface area contributed by atoms with Gasteiger partial charge in [-0.2, -0.15) is 18.2 Å². The standard InChI is InChI=1S/C18H19F3N6O/c1-10(22-2)8-14-23-17(28-25-14)15-16(11-6-7-11)27(26-24-15)13-5-3-4-12(9-13)18(19,20)21/h3-5,9-11,22H,6-8H2,1-2H3. The zero-order valence-corrected chi connectivity index (χ0v) is 15.4. The Hall–Kier alpha value is -2.75. The fourth-order valence-electron chi connectivity index (χ4n) is 2.98. The third-order valence-electron chi connectivity index (χ3n) is 4.74. The average molecular weight is 392 g/mol. The Kier molecular flexibility index (Phi) is 4.66. The molecule has 2 aromatic heterocycles. The number of halogens is 3. The summed E-state index contributed by atoms with van der Waals surface area (Å²) in [4.78, 5) is 4.39. The Labute approximate surface area is 158 Å². The first kappa shape index (κ1) is 18.6. The topological polar surface area (TPSA) is 81.7 Å². The van der Waals surface area contributed by atoms with Gasteiger partial charge < -0.3 is 9.84 Å². The van der Waals surface area contributed by atoms with Gasteiger partial charge in [0.2, 0.25) is 0 Å². The first-order valence-corrected chi connectivity index (χ1v) is 9.00. The molecule has 1 aliphatic carbocycles. The predicted octanol–water partition coefficient (Wildman–Crippen LogP) is 3.36. The molecule has 1 atom stereocenters. The third-order valence-corrected chi connectivity index (χ3v) is 4.74. The summed E-state index contributed by atoms with van der Waals surface area (Å²) in [7, 11) is 1.84. The maximum absolute atomic E-state index is 13.1. The normalized spacial score (nSPS) is 15.8. The molecule has 0 bridgehead atoms. The number of nitrogens with zero attached hydrogens (tertiary/aromatic N) is 5. The third kappa shape index (κ3) is 3.64. The number of hydrogen-bond donors (Lipinski definition) is 1. The Bertz CT molecular complexity index is 976. The molecule has 28 heavy (non-hydrogen) atoms. The molecule has 0 radical (unpaired) electrons. The molecule has 3 aromatic rings. The summed E-state index contributed by atoms with van der Waals surface area (Å²) in [5.74, 6) is 0.928. The van der Waals surface area contributed by atoms with Crippen molar-refractivity contribution in [2.24, 2.45) is 0 Å². The number of nitrogens with one attached hydrogen (secondary N) is 1. The van der Waals surface area contributed by atoms with Crippen molar-refractivity contribution < 1.29 is 17.7 Å². The highest BCUT2D eigenvalue weighted by atomic mass is 19.4. The molecule has 4 rings (SSSR count). The van der Waals surface area contributed by atoms with Crippen LogP contribution in [0.25, 0.3) is 17.3 Å². The minimum absolute atomic E-state index is 0.158. The monoisotopic (exact) mass is 392 g/mol. The van der Waals surface area contributed by atoms with Crippen LogP contribution in [0.15, 0.2) is 28.8 Å². The largest absolute Gasteiger partial charge is 0.416 e. The lowest BCUT2D eigenvalue weighted by Gasteiger charge is -2.10. The summed E-state index contributed by atoms with van der Waals surface area (Å²) in [6, 6.07) is 5.21. The van der Waals surface area contributed by atoms with Crippen LogP contribution in [0.1, 0.15) is 42.8 Å². The summed E-state index contributed by atoms with van der Waals surface area (Å²) in [6.07, 6.45) is -2.01. The van der Waals surface area contributed by atoms with Crippen LogP contribution in [-0.2, 0) is 12.6 Å². The molecular formula is C18H19F3N6O. The quantitative estimate of drug-likeness (QED) is 0.693. The molecular weight excluding hydrogens is 373 g/mol. The molecule has 10 heteroatoms. The maximum atomic E-state index is 13.1. The molecule has 0 amide bonds. The second kappa shape index (κ2) is 7.01. The van der Waals surface area contributed by atoms with E-state index in [0.717, 1.165) is 25.0 Å². The number of alkyl halides is 3. The number of rotatable bonds is 6. The van der Waals surface area contributed by atoms with E-state index in [1.807, 2.05) is 14.0 Å². The van der Waals surface area contributed by atoms with Gasteiger partial charge in [-0.15, -0.1) is 5.10 Å². The molecule has 1 fully saturated rings.